The molecule has 0 saturated carbocycles. The summed E-state index contributed by atoms with van der Waals surface area (Å²) in [6, 6.07) is 2.09. The van der Waals surface area contributed by atoms with E-state index in [0.29, 0.717) is 5.92 Å². The van der Waals surface area contributed by atoms with E-state index in [9.17, 15) is 0 Å². The average molecular weight is 249 g/mol. The lowest BCUT2D eigenvalue weighted by Gasteiger charge is -2.10. The van der Waals surface area contributed by atoms with Crippen molar-refractivity contribution >= 4 is 6.08 Å². The highest BCUT2D eigenvalue weighted by Gasteiger charge is 2.01. The summed E-state index contributed by atoms with van der Waals surface area (Å²) in [5, 5.41) is 7.86. The van der Waals surface area contributed by atoms with Crippen molar-refractivity contribution in [3.05, 3.63) is 23.5 Å². The average Bonchev–Trinajstić information content (AvgIpc) is 2.75. The van der Waals surface area contributed by atoms with Crippen LogP contribution in [0.3, 0.4) is 0 Å². The van der Waals surface area contributed by atoms with Crippen LogP contribution in [0.25, 0.3) is 6.08 Å². The van der Waals surface area contributed by atoms with Gasteiger partial charge < -0.3 is 5.32 Å². The highest BCUT2D eigenvalue weighted by atomic mass is 15.3. The quantitative estimate of drug-likeness (QED) is 0.766. The van der Waals surface area contributed by atoms with Gasteiger partial charge in [0.2, 0.25) is 0 Å². The summed E-state index contributed by atoms with van der Waals surface area (Å²) in [6.07, 6.45) is 6.37. The normalized spacial score (nSPS) is 12.4. The molecule has 1 rings (SSSR count). The van der Waals surface area contributed by atoms with Gasteiger partial charge in [-0.2, -0.15) is 5.10 Å². The summed E-state index contributed by atoms with van der Waals surface area (Å²) in [5.74, 6) is 0.703. The van der Waals surface area contributed by atoms with Gasteiger partial charge in [0.1, 0.15) is 0 Å². The van der Waals surface area contributed by atoms with Crippen molar-refractivity contribution in [2.75, 3.05) is 13.1 Å². The first kappa shape index (κ1) is 15.0. The molecule has 102 valence electrons. The Labute approximate surface area is 111 Å². The lowest BCUT2D eigenvalue weighted by molar-refractivity contribution is 0.568. The summed E-state index contributed by atoms with van der Waals surface area (Å²) in [5.41, 5.74) is 2.66. The van der Waals surface area contributed by atoms with E-state index in [1.165, 1.54) is 11.3 Å². The number of hydrogen-bond donors (Lipinski definition) is 1. The summed E-state index contributed by atoms with van der Waals surface area (Å²) in [7, 11) is 0. The molecule has 1 N–H and O–H groups in total. The number of hydrogen-bond acceptors (Lipinski definition) is 2. The van der Waals surface area contributed by atoms with Crippen LogP contribution in [0, 0.1) is 5.92 Å². The van der Waals surface area contributed by atoms with Crippen molar-refractivity contribution < 1.29 is 0 Å². The highest BCUT2D eigenvalue weighted by molar-refractivity contribution is 5.49. The molecule has 1 heterocycles. The molecule has 0 atom stereocenters. The third-order valence-electron chi connectivity index (χ3n) is 2.90. The van der Waals surface area contributed by atoms with E-state index >= 15 is 0 Å². The molecule has 0 aliphatic heterocycles. The van der Waals surface area contributed by atoms with E-state index in [1.54, 1.807) is 0 Å². The van der Waals surface area contributed by atoms with E-state index in [0.717, 1.165) is 32.5 Å². The molecule has 0 radical (unpaired) electrons. The van der Waals surface area contributed by atoms with Gasteiger partial charge in [-0.25, -0.2) is 0 Å². The van der Waals surface area contributed by atoms with Gasteiger partial charge in [0.15, 0.2) is 0 Å². The minimum absolute atomic E-state index is 0.703. The summed E-state index contributed by atoms with van der Waals surface area (Å²) < 4.78 is 2.08. The Morgan fingerprint density at radius 1 is 1.44 bits per heavy atom. The second-order valence-corrected chi connectivity index (χ2v) is 5.16. The lowest BCUT2D eigenvalue weighted by atomic mass is 10.1. The van der Waals surface area contributed by atoms with Crippen LogP contribution in [0.2, 0.25) is 0 Å². The molecule has 0 aliphatic rings. The van der Waals surface area contributed by atoms with Crippen molar-refractivity contribution in [3.8, 4) is 0 Å². The van der Waals surface area contributed by atoms with Gasteiger partial charge in [-0.1, -0.05) is 33.3 Å². The maximum absolute atomic E-state index is 4.35. The van der Waals surface area contributed by atoms with Crippen molar-refractivity contribution in [1.82, 2.24) is 15.1 Å². The van der Waals surface area contributed by atoms with Gasteiger partial charge in [-0.15, -0.1) is 0 Å². The zero-order chi connectivity index (χ0) is 13.4. The van der Waals surface area contributed by atoms with Crippen LogP contribution in [-0.4, -0.2) is 22.9 Å². The molecule has 0 amide bonds. The second kappa shape index (κ2) is 8.09. The molecule has 0 bridgehead atoms. The van der Waals surface area contributed by atoms with Gasteiger partial charge >= 0.3 is 0 Å². The van der Waals surface area contributed by atoms with Crippen LogP contribution >= 0.6 is 0 Å². The zero-order valence-corrected chi connectivity index (χ0v) is 12.2. The van der Waals surface area contributed by atoms with Crippen LogP contribution in [0.5, 0.6) is 0 Å². The van der Waals surface area contributed by atoms with Crippen LogP contribution in [-0.2, 0) is 6.54 Å². The molecular formula is C15H27N3. The minimum atomic E-state index is 0.703. The Morgan fingerprint density at radius 3 is 2.83 bits per heavy atom. The summed E-state index contributed by atoms with van der Waals surface area (Å²) in [4.78, 5) is 0. The Hall–Kier alpha value is -1.09. The Balaban J connectivity index is 2.62. The first-order valence-electron chi connectivity index (χ1n) is 7.09. The van der Waals surface area contributed by atoms with Crippen LogP contribution in [0.15, 0.2) is 17.8 Å². The van der Waals surface area contributed by atoms with Crippen molar-refractivity contribution in [2.24, 2.45) is 5.92 Å². The predicted octanol–water partition coefficient (Wildman–Crippen LogP) is 3.33. The van der Waals surface area contributed by atoms with E-state index in [-0.39, 0.29) is 0 Å². The van der Waals surface area contributed by atoms with Crippen LogP contribution in [0.1, 0.15) is 46.2 Å². The molecule has 0 aromatic carbocycles. The first-order chi connectivity index (χ1) is 8.67. The van der Waals surface area contributed by atoms with Crippen LogP contribution in [0.4, 0.5) is 0 Å². The maximum Gasteiger partial charge on any atom is 0.0609 e. The molecule has 0 unspecified atom stereocenters. The molecule has 18 heavy (non-hydrogen) atoms. The molecule has 0 aliphatic carbocycles. The fourth-order valence-electron chi connectivity index (χ4n) is 1.87. The first-order valence-corrected chi connectivity index (χ1v) is 7.09. The van der Waals surface area contributed by atoms with Crippen molar-refractivity contribution in [2.45, 2.75) is 47.1 Å². The highest BCUT2D eigenvalue weighted by Crippen LogP contribution is 2.09. The smallest absolute Gasteiger partial charge is 0.0609 e. The summed E-state index contributed by atoms with van der Waals surface area (Å²) in [6.45, 7) is 11.9. The number of rotatable bonds is 8. The Kier molecular flexibility index (Phi) is 6.73. The van der Waals surface area contributed by atoms with E-state index in [1.807, 2.05) is 6.20 Å². The monoisotopic (exact) mass is 249 g/mol. The van der Waals surface area contributed by atoms with Crippen molar-refractivity contribution in [1.29, 1.82) is 0 Å². The SMILES string of the molecule is CCCn1nccc1/C=C(/CC)CNCC(C)C. The lowest BCUT2D eigenvalue weighted by Crippen LogP contribution is -2.22. The minimum Gasteiger partial charge on any atom is -0.313 e. The number of aromatic nitrogens is 2. The topological polar surface area (TPSA) is 29.9 Å². The van der Waals surface area contributed by atoms with Gasteiger partial charge in [0, 0.05) is 19.3 Å². The number of nitrogens with zero attached hydrogens (tertiary/aromatic N) is 2. The maximum atomic E-state index is 4.35. The molecular weight excluding hydrogens is 222 g/mol. The van der Waals surface area contributed by atoms with Gasteiger partial charge in [0.25, 0.3) is 0 Å². The Bertz CT molecular complexity index is 364. The van der Waals surface area contributed by atoms with E-state index in [4.69, 9.17) is 0 Å². The molecule has 3 heteroatoms. The third kappa shape index (κ3) is 5.05. The van der Waals surface area contributed by atoms with E-state index in [2.05, 4.69) is 54.9 Å². The van der Waals surface area contributed by atoms with E-state index < -0.39 is 0 Å². The fourth-order valence-corrected chi connectivity index (χ4v) is 1.87. The standard InChI is InChI=1S/C15H27N3/c1-5-9-18-15(7-8-17-18)10-14(6-2)12-16-11-13(3)4/h7-8,10,13,16H,5-6,9,11-12H2,1-4H3/b14-10-. The molecule has 0 saturated heterocycles. The van der Waals surface area contributed by atoms with Gasteiger partial charge in [0.05, 0.1) is 5.69 Å². The predicted molar refractivity (Wildman–Crippen MR) is 78.5 cm³/mol. The molecule has 1 aromatic heterocycles. The summed E-state index contributed by atoms with van der Waals surface area (Å²) >= 11 is 0. The molecule has 1 aromatic rings. The zero-order valence-electron chi connectivity index (χ0n) is 12.2. The fraction of sp³-hybridized carbons (Fsp3) is 0.667. The molecule has 3 nitrogen and oxygen atoms in total. The van der Waals surface area contributed by atoms with Gasteiger partial charge in [-0.3, -0.25) is 4.68 Å². The second-order valence-electron chi connectivity index (χ2n) is 5.16. The largest absolute Gasteiger partial charge is 0.313 e. The molecule has 0 spiro atoms. The van der Waals surface area contributed by atoms with Crippen molar-refractivity contribution in [3.63, 3.8) is 0 Å². The molecule has 0 fully saturated rings. The number of nitrogens with one attached hydrogen (secondary N) is 1. The number of aryl methyl sites for hydroxylation is 1. The Morgan fingerprint density at radius 2 is 2.22 bits per heavy atom. The van der Waals surface area contributed by atoms with Gasteiger partial charge in [-0.05, 0) is 37.4 Å². The van der Waals surface area contributed by atoms with Crippen LogP contribution < -0.4 is 5.32 Å². The third-order valence-corrected chi connectivity index (χ3v) is 2.90.